The highest BCUT2D eigenvalue weighted by atomic mass is 16.5. The van der Waals surface area contributed by atoms with Crippen molar-refractivity contribution in [3.63, 3.8) is 0 Å². The van der Waals surface area contributed by atoms with Crippen molar-refractivity contribution in [3.8, 4) is 22.9 Å². The summed E-state index contributed by atoms with van der Waals surface area (Å²) in [5, 5.41) is 11.8. The lowest BCUT2D eigenvalue weighted by Gasteiger charge is -2.11. The second kappa shape index (κ2) is 12.9. The molecule has 0 amide bonds. The molecule has 0 aliphatic rings. The van der Waals surface area contributed by atoms with Crippen LogP contribution >= 0.6 is 0 Å². The van der Waals surface area contributed by atoms with Crippen LogP contribution in [-0.2, 0) is 4.79 Å². The molecular formula is C32H33NO4. The van der Waals surface area contributed by atoms with Crippen LogP contribution in [0.4, 0.5) is 0 Å². The van der Waals surface area contributed by atoms with Gasteiger partial charge in [-0.1, -0.05) is 94.7 Å². The number of ether oxygens (including phenoxy) is 1. The standard InChI is InChI=1S/C32H33NO4/c1-2-3-4-5-6-7-8-9-13-16-29(34)36-25-18-20-26-24(21-25)17-19-27-30(23-14-11-10-12-15-23)28(22-33)32(35)37-31(26)27/h10-12,14-15,17-21H,2-9,13,16H2,1H3. The minimum absolute atomic E-state index is 0.0138. The van der Waals surface area contributed by atoms with Crippen LogP contribution in [0.5, 0.6) is 5.75 Å². The summed E-state index contributed by atoms with van der Waals surface area (Å²) in [7, 11) is 0. The highest BCUT2D eigenvalue weighted by Gasteiger charge is 2.18. The van der Waals surface area contributed by atoms with Crippen molar-refractivity contribution >= 4 is 27.7 Å². The minimum Gasteiger partial charge on any atom is -0.427 e. The summed E-state index contributed by atoms with van der Waals surface area (Å²) in [6, 6.07) is 20.4. The van der Waals surface area contributed by atoms with Crippen LogP contribution in [-0.4, -0.2) is 5.97 Å². The molecule has 4 aromatic rings. The van der Waals surface area contributed by atoms with E-state index in [4.69, 9.17) is 9.15 Å². The van der Waals surface area contributed by atoms with E-state index >= 15 is 0 Å². The molecule has 190 valence electrons. The smallest absolute Gasteiger partial charge is 0.354 e. The highest BCUT2D eigenvalue weighted by Crippen LogP contribution is 2.35. The van der Waals surface area contributed by atoms with Crippen molar-refractivity contribution in [1.82, 2.24) is 0 Å². The number of unbranched alkanes of at least 4 members (excludes halogenated alkanes) is 8. The lowest BCUT2D eigenvalue weighted by atomic mass is 9.95. The first-order valence-corrected chi connectivity index (χ1v) is 13.3. The van der Waals surface area contributed by atoms with Gasteiger partial charge in [0, 0.05) is 22.8 Å². The Balaban J connectivity index is 1.45. The molecule has 37 heavy (non-hydrogen) atoms. The number of nitriles is 1. The number of fused-ring (bicyclic) bond motifs is 3. The maximum atomic E-state index is 12.7. The monoisotopic (exact) mass is 495 g/mol. The molecule has 0 atom stereocenters. The molecule has 4 rings (SSSR count). The largest absolute Gasteiger partial charge is 0.427 e. The zero-order chi connectivity index (χ0) is 26.0. The van der Waals surface area contributed by atoms with Crippen LogP contribution in [0.2, 0.25) is 0 Å². The van der Waals surface area contributed by atoms with Crippen molar-refractivity contribution in [2.45, 2.75) is 71.1 Å². The SMILES string of the molecule is CCCCCCCCCCCC(=O)Oc1ccc2c(ccc3c(-c4ccccc4)c(C#N)c(=O)oc32)c1. The first-order chi connectivity index (χ1) is 18.1. The summed E-state index contributed by atoms with van der Waals surface area (Å²) in [5.74, 6) is 0.228. The molecule has 0 fully saturated rings. The minimum atomic E-state index is -0.669. The third-order valence-electron chi connectivity index (χ3n) is 6.75. The second-order valence-electron chi connectivity index (χ2n) is 9.50. The predicted octanol–water partition coefficient (Wildman–Crippen LogP) is 8.31. The molecule has 0 unspecified atom stereocenters. The lowest BCUT2D eigenvalue weighted by molar-refractivity contribution is -0.134. The highest BCUT2D eigenvalue weighted by molar-refractivity contribution is 6.10. The Morgan fingerprint density at radius 3 is 2.24 bits per heavy atom. The van der Waals surface area contributed by atoms with Crippen molar-refractivity contribution in [2.24, 2.45) is 0 Å². The molecule has 0 saturated heterocycles. The molecule has 1 aromatic heterocycles. The molecule has 0 saturated carbocycles. The summed E-state index contributed by atoms with van der Waals surface area (Å²) >= 11 is 0. The average molecular weight is 496 g/mol. The van der Waals surface area contributed by atoms with Gasteiger partial charge in [-0.25, -0.2) is 4.79 Å². The number of esters is 1. The van der Waals surface area contributed by atoms with Crippen LogP contribution in [0.25, 0.3) is 32.9 Å². The maximum Gasteiger partial charge on any atom is 0.354 e. The third kappa shape index (κ3) is 6.46. The molecule has 0 spiro atoms. The van der Waals surface area contributed by atoms with Gasteiger partial charge in [0.05, 0.1) is 0 Å². The Kier molecular flexibility index (Phi) is 9.10. The van der Waals surface area contributed by atoms with Crippen molar-refractivity contribution in [3.05, 3.63) is 76.6 Å². The molecule has 0 bridgehead atoms. The number of hydrogen-bond acceptors (Lipinski definition) is 5. The van der Waals surface area contributed by atoms with Gasteiger partial charge in [-0.05, 0) is 41.6 Å². The summed E-state index contributed by atoms with van der Waals surface area (Å²) in [5.41, 5.74) is 1.07. The fraction of sp³-hybridized carbons (Fsp3) is 0.344. The molecule has 1 heterocycles. The number of carbonyl (C=O) groups is 1. The summed E-state index contributed by atoms with van der Waals surface area (Å²) in [4.78, 5) is 25.1. The van der Waals surface area contributed by atoms with E-state index < -0.39 is 5.63 Å². The topological polar surface area (TPSA) is 80.3 Å². The first-order valence-electron chi connectivity index (χ1n) is 13.3. The van der Waals surface area contributed by atoms with Gasteiger partial charge in [-0.2, -0.15) is 5.26 Å². The van der Waals surface area contributed by atoms with E-state index in [0.717, 1.165) is 35.6 Å². The van der Waals surface area contributed by atoms with Gasteiger partial charge in [0.2, 0.25) is 0 Å². The summed E-state index contributed by atoms with van der Waals surface area (Å²) in [6.45, 7) is 2.23. The number of benzene rings is 3. The van der Waals surface area contributed by atoms with Crippen LogP contribution in [0, 0.1) is 11.3 Å². The van der Waals surface area contributed by atoms with Crippen LogP contribution in [0.3, 0.4) is 0 Å². The van der Waals surface area contributed by atoms with Crippen molar-refractivity contribution in [2.75, 3.05) is 0 Å². The number of nitrogens with zero attached hydrogens (tertiary/aromatic N) is 1. The van der Waals surface area contributed by atoms with Gasteiger partial charge in [0.25, 0.3) is 0 Å². The number of carbonyl (C=O) groups excluding carboxylic acids is 1. The van der Waals surface area contributed by atoms with Crippen LogP contribution in [0.15, 0.2) is 69.9 Å². The number of hydrogen-bond donors (Lipinski definition) is 0. The maximum absolute atomic E-state index is 12.7. The number of rotatable bonds is 12. The van der Waals surface area contributed by atoms with E-state index in [1.54, 1.807) is 18.2 Å². The van der Waals surface area contributed by atoms with Crippen molar-refractivity contribution < 1.29 is 13.9 Å². The van der Waals surface area contributed by atoms with Gasteiger partial charge in [-0.3, -0.25) is 4.79 Å². The zero-order valence-electron chi connectivity index (χ0n) is 21.4. The van der Waals surface area contributed by atoms with Gasteiger partial charge in [0.1, 0.15) is 23.0 Å². The average Bonchev–Trinajstić information content (AvgIpc) is 2.91. The van der Waals surface area contributed by atoms with E-state index in [0.29, 0.717) is 28.7 Å². The summed E-state index contributed by atoms with van der Waals surface area (Å²) in [6.07, 6.45) is 11.2. The summed E-state index contributed by atoms with van der Waals surface area (Å²) < 4.78 is 11.2. The second-order valence-corrected chi connectivity index (χ2v) is 9.50. The Morgan fingerprint density at radius 2 is 1.54 bits per heavy atom. The van der Waals surface area contributed by atoms with Crippen LogP contribution < -0.4 is 10.4 Å². The zero-order valence-corrected chi connectivity index (χ0v) is 21.4. The lowest BCUT2D eigenvalue weighted by Crippen LogP contribution is -2.08. The van der Waals surface area contributed by atoms with Gasteiger partial charge in [-0.15, -0.1) is 0 Å². The molecular weight excluding hydrogens is 462 g/mol. The fourth-order valence-corrected chi connectivity index (χ4v) is 4.80. The van der Waals surface area contributed by atoms with Gasteiger partial charge < -0.3 is 9.15 Å². The third-order valence-corrected chi connectivity index (χ3v) is 6.75. The fourth-order valence-electron chi connectivity index (χ4n) is 4.80. The van der Waals surface area contributed by atoms with E-state index in [1.807, 2.05) is 48.5 Å². The Morgan fingerprint density at radius 1 is 0.865 bits per heavy atom. The molecule has 0 radical (unpaired) electrons. The van der Waals surface area contributed by atoms with Gasteiger partial charge >= 0.3 is 11.6 Å². The van der Waals surface area contributed by atoms with E-state index in [2.05, 4.69) is 6.92 Å². The predicted molar refractivity (Wildman–Crippen MR) is 148 cm³/mol. The Hall–Kier alpha value is -3.91. The van der Waals surface area contributed by atoms with Crippen molar-refractivity contribution in [1.29, 1.82) is 5.26 Å². The van der Waals surface area contributed by atoms with E-state index in [-0.39, 0.29) is 11.5 Å². The molecule has 5 heteroatoms. The molecule has 5 nitrogen and oxygen atoms in total. The van der Waals surface area contributed by atoms with E-state index in [9.17, 15) is 14.9 Å². The Bertz CT molecular complexity index is 1460. The molecule has 3 aromatic carbocycles. The molecule has 0 aliphatic heterocycles. The van der Waals surface area contributed by atoms with Gasteiger partial charge in [0.15, 0.2) is 0 Å². The Labute approximate surface area is 217 Å². The van der Waals surface area contributed by atoms with Crippen LogP contribution in [0.1, 0.15) is 76.7 Å². The van der Waals surface area contributed by atoms with E-state index in [1.165, 1.54) is 38.5 Å². The quantitative estimate of drug-likeness (QED) is 0.0649. The molecule has 0 aliphatic carbocycles. The molecule has 0 N–H and O–H groups in total. The first kappa shape index (κ1) is 26.2. The normalized spacial score (nSPS) is 11.0.